The lowest BCUT2D eigenvalue weighted by Crippen LogP contribution is -2.34. The normalized spacial score (nSPS) is 13.9. The average Bonchev–Trinajstić information content (AvgIpc) is 2.53. The molecule has 0 saturated carbocycles. The van der Waals surface area contributed by atoms with Gasteiger partial charge in [0.2, 0.25) is 5.91 Å². The summed E-state index contributed by atoms with van der Waals surface area (Å²) in [6.07, 6.45) is 1.06. The lowest BCUT2D eigenvalue weighted by Gasteiger charge is -2.13. The minimum Gasteiger partial charge on any atom is -0.449 e. The number of amides is 2. The number of carbonyl (C=O) groups excluding carboxylic acids is 2. The third-order valence-electron chi connectivity index (χ3n) is 2.16. The molecular weight excluding hydrogens is 276 g/mol. The van der Waals surface area contributed by atoms with Crippen molar-refractivity contribution in [2.75, 3.05) is 11.5 Å². The molecule has 0 aliphatic carbocycles. The maximum absolute atomic E-state index is 11.6. The van der Waals surface area contributed by atoms with Crippen molar-refractivity contribution < 1.29 is 14.3 Å². The van der Waals surface area contributed by atoms with E-state index in [0.717, 1.165) is 14.9 Å². The number of pyridine rings is 1. The lowest BCUT2D eigenvalue weighted by molar-refractivity contribution is -0.117. The SMILES string of the molecule is CCOC(=O)N1C(=O)Cc2cc(Br)cnc21. The van der Waals surface area contributed by atoms with Crippen LogP contribution in [0.1, 0.15) is 12.5 Å². The molecule has 0 saturated heterocycles. The van der Waals surface area contributed by atoms with Gasteiger partial charge in [0.25, 0.3) is 0 Å². The molecule has 0 fully saturated rings. The van der Waals surface area contributed by atoms with E-state index in [9.17, 15) is 9.59 Å². The largest absolute Gasteiger partial charge is 0.449 e. The van der Waals surface area contributed by atoms with Gasteiger partial charge in [-0.1, -0.05) is 0 Å². The molecule has 2 amide bonds. The van der Waals surface area contributed by atoms with Crippen LogP contribution in [0.3, 0.4) is 0 Å². The van der Waals surface area contributed by atoms with Crippen LogP contribution in [-0.4, -0.2) is 23.6 Å². The van der Waals surface area contributed by atoms with Gasteiger partial charge in [-0.05, 0) is 28.9 Å². The van der Waals surface area contributed by atoms with E-state index >= 15 is 0 Å². The minimum absolute atomic E-state index is 0.181. The van der Waals surface area contributed by atoms with Crippen LogP contribution in [0.2, 0.25) is 0 Å². The molecule has 5 nitrogen and oxygen atoms in total. The summed E-state index contributed by atoms with van der Waals surface area (Å²) in [4.78, 5) is 28.2. The maximum atomic E-state index is 11.6. The number of rotatable bonds is 1. The van der Waals surface area contributed by atoms with Crippen LogP contribution < -0.4 is 4.90 Å². The Bertz CT molecular complexity index is 461. The molecule has 2 heterocycles. The Morgan fingerprint density at radius 3 is 3.12 bits per heavy atom. The number of ether oxygens (including phenoxy) is 1. The van der Waals surface area contributed by atoms with Crippen molar-refractivity contribution in [3.63, 3.8) is 0 Å². The van der Waals surface area contributed by atoms with Gasteiger partial charge in [-0.25, -0.2) is 9.78 Å². The van der Waals surface area contributed by atoms with Gasteiger partial charge in [0.05, 0.1) is 13.0 Å². The molecular formula is C10H9BrN2O3. The molecule has 0 radical (unpaired) electrons. The van der Waals surface area contributed by atoms with Gasteiger partial charge in [-0.2, -0.15) is 4.90 Å². The zero-order valence-corrected chi connectivity index (χ0v) is 10.2. The molecule has 2 rings (SSSR count). The van der Waals surface area contributed by atoms with Crippen LogP contribution in [0.4, 0.5) is 10.6 Å². The summed E-state index contributed by atoms with van der Waals surface area (Å²) in [7, 11) is 0. The van der Waals surface area contributed by atoms with E-state index in [0.29, 0.717) is 5.82 Å². The van der Waals surface area contributed by atoms with Gasteiger partial charge in [0.1, 0.15) is 5.82 Å². The van der Waals surface area contributed by atoms with Crippen LogP contribution in [0.5, 0.6) is 0 Å². The lowest BCUT2D eigenvalue weighted by atomic mass is 10.2. The molecule has 1 aliphatic heterocycles. The first-order valence-electron chi connectivity index (χ1n) is 4.77. The minimum atomic E-state index is -0.666. The van der Waals surface area contributed by atoms with Crippen molar-refractivity contribution in [1.82, 2.24) is 4.98 Å². The van der Waals surface area contributed by atoms with Crippen LogP contribution in [-0.2, 0) is 16.0 Å². The van der Waals surface area contributed by atoms with Crippen LogP contribution in [0, 0.1) is 0 Å². The quantitative estimate of drug-likeness (QED) is 0.790. The highest BCUT2D eigenvalue weighted by Crippen LogP contribution is 2.29. The third kappa shape index (κ3) is 1.80. The second-order valence-corrected chi connectivity index (χ2v) is 4.16. The van der Waals surface area contributed by atoms with E-state index in [1.165, 1.54) is 0 Å². The van der Waals surface area contributed by atoms with E-state index < -0.39 is 6.09 Å². The molecule has 1 aromatic heterocycles. The van der Waals surface area contributed by atoms with Gasteiger partial charge >= 0.3 is 6.09 Å². The highest BCUT2D eigenvalue weighted by atomic mass is 79.9. The summed E-state index contributed by atoms with van der Waals surface area (Å²) >= 11 is 3.26. The maximum Gasteiger partial charge on any atom is 0.422 e. The van der Waals surface area contributed by atoms with Crippen molar-refractivity contribution in [3.05, 3.63) is 22.3 Å². The topological polar surface area (TPSA) is 59.5 Å². The Balaban J connectivity index is 2.36. The first-order chi connectivity index (χ1) is 7.63. The van der Waals surface area contributed by atoms with Crippen molar-refractivity contribution >= 4 is 33.7 Å². The molecule has 1 aromatic rings. The Kier molecular flexibility index (Phi) is 2.91. The van der Waals surface area contributed by atoms with Crippen LogP contribution in [0.15, 0.2) is 16.7 Å². The Hall–Kier alpha value is -1.43. The number of nitrogens with zero attached hydrogens (tertiary/aromatic N) is 2. The monoisotopic (exact) mass is 284 g/mol. The zero-order chi connectivity index (χ0) is 11.7. The highest BCUT2D eigenvalue weighted by Gasteiger charge is 2.34. The molecule has 0 aromatic carbocycles. The molecule has 0 atom stereocenters. The number of carbonyl (C=O) groups is 2. The number of hydrogen-bond acceptors (Lipinski definition) is 4. The predicted octanol–water partition coefficient (Wildman–Crippen LogP) is 1.89. The standard InChI is InChI=1S/C10H9BrN2O3/c1-2-16-10(15)13-8(14)4-6-3-7(11)5-12-9(6)13/h3,5H,2,4H2,1H3. The zero-order valence-electron chi connectivity index (χ0n) is 8.57. The predicted molar refractivity (Wildman–Crippen MR) is 60.1 cm³/mol. The molecule has 0 N–H and O–H groups in total. The third-order valence-corrected chi connectivity index (χ3v) is 2.60. The van der Waals surface area contributed by atoms with Crippen LogP contribution in [0.25, 0.3) is 0 Å². The first-order valence-corrected chi connectivity index (χ1v) is 5.57. The van der Waals surface area contributed by atoms with E-state index in [2.05, 4.69) is 20.9 Å². The van der Waals surface area contributed by atoms with Gasteiger partial charge in [0.15, 0.2) is 0 Å². The first kappa shape index (κ1) is 11.1. The van der Waals surface area contributed by atoms with Gasteiger partial charge in [-0.15, -0.1) is 0 Å². The number of halogens is 1. The van der Waals surface area contributed by atoms with E-state index in [4.69, 9.17) is 4.74 Å². The van der Waals surface area contributed by atoms with Crippen LogP contribution >= 0.6 is 15.9 Å². The van der Waals surface area contributed by atoms with E-state index in [-0.39, 0.29) is 18.9 Å². The fraction of sp³-hybridized carbons (Fsp3) is 0.300. The summed E-state index contributed by atoms with van der Waals surface area (Å²) in [6.45, 7) is 1.92. The summed E-state index contributed by atoms with van der Waals surface area (Å²) in [5, 5.41) is 0. The number of imide groups is 1. The fourth-order valence-electron chi connectivity index (χ4n) is 1.54. The molecule has 16 heavy (non-hydrogen) atoms. The average molecular weight is 285 g/mol. The number of fused-ring (bicyclic) bond motifs is 1. The van der Waals surface area contributed by atoms with Crippen molar-refractivity contribution in [2.24, 2.45) is 0 Å². The number of aromatic nitrogens is 1. The Morgan fingerprint density at radius 2 is 2.44 bits per heavy atom. The van der Waals surface area contributed by atoms with Gasteiger partial charge in [0, 0.05) is 16.2 Å². The number of anilines is 1. The summed E-state index contributed by atoms with van der Waals surface area (Å²) < 4.78 is 5.58. The van der Waals surface area contributed by atoms with E-state index in [1.807, 2.05) is 0 Å². The molecule has 84 valence electrons. The molecule has 0 bridgehead atoms. The second kappa shape index (κ2) is 4.21. The molecule has 1 aliphatic rings. The second-order valence-electron chi connectivity index (χ2n) is 3.24. The summed E-state index contributed by atoms with van der Waals surface area (Å²) in [6, 6.07) is 1.78. The Morgan fingerprint density at radius 1 is 1.69 bits per heavy atom. The van der Waals surface area contributed by atoms with Crippen molar-refractivity contribution in [3.8, 4) is 0 Å². The van der Waals surface area contributed by atoms with E-state index in [1.54, 1.807) is 19.2 Å². The summed E-state index contributed by atoms with van der Waals surface area (Å²) in [5.41, 5.74) is 0.729. The number of hydrogen-bond donors (Lipinski definition) is 0. The fourth-order valence-corrected chi connectivity index (χ4v) is 1.92. The highest BCUT2D eigenvalue weighted by molar-refractivity contribution is 9.10. The molecule has 0 unspecified atom stereocenters. The molecule has 0 spiro atoms. The van der Waals surface area contributed by atoms with Gasteiger partial charge in [-0.3, -0.25) is 4.79 Å². The molecule has 6 heteroatoms. The Labute approximate surface area is 101 Å². The van der Waals surface area contributed by atoms with Crippen molar-refractivity contribution in [1.29, 1.82) is 0 Å². The smallest absolute Gasteiger partial charge is 0.422 e. The van der Waals surface area contributed by atoms with Gasteiger partial charge < -0.3 is 4.74 Å². The van der Waals surface area contributed by atoms with Crippen molar-refractivity contribution in [2.45, 2.75) is 13.3 Å². The summed E-state index contributed by atoms with van der Waals surface area (Å²) in [5.74, 6) is 0.0608.